The van der Waals surface area contributed by atoms with Crippen LogP contribution in [0.1, 0.15) is 0 Å². The molecular formula is C13H8Cl2N4S. The van der Waals surface area contributed by atoms with Crippen LogP contribution in [0.15, 0.2) is 42.6 Å². The third-order valence-corrected chi connectivity index (χ3v) is 3.55. The lowest BCUT2D eigenvalue weighted by Gasteiger charge is -2.08. The van der Waals surface area contributed by atoms with E-state index < -0.39 is 0 Å². The maximum Gasteiger partial charge on any atom is 0.200 e. The highest BCUT2D eigenvalue weighted by atomic mass is 35.5. The van der Waals surface area contributed by atoms with Gasteiger partial charge in [0.2, 0.25) is 0 Å². The van der Waals surface area contributed by atoms with Crippen LogP contribution in [0.5, 0.6) is 0 Å². The van der Waals surface area contributed by atoms with Crippen LogP contribution >= 0.6 is 35.4 Å². The van der Waals surface area contributed by atoms with E-state index in [1.165, 1.54) is 0 Å². The van der Waals surface area contributed by atoms with Crippen LogP contribution in [0, 0.1) is 4.77 Å². The molecule has 0 unspecified atom stereocenters. The van der Waals surface area contributed by atoms with E-state index in [2.05, 4.69) is 15.2 Å². The van der Waals surface area contributed by atoms with Crippen LogP contribution in [0.2, 0.25) is 10.2 Å². The van der Waals surface area contributed by atoms with E-state index in [0.29, 0.717) is 20.8 Å². The highest BCUT2D eigenvalue weighted by Crippen LogP contribution is 2.26. The first-order valence-electron chi connectivity index (χ1n) is 5.71. The summed E-state index contributed by atoms with van der Waals surface area (Å²) in [5.41, 5.74) is 1.56. The second-order valence-corrected chi connectivity index (χ2v) is 5.19. The van der Waals surface area contributed by atoms with Gasteiger partial charge in [-0.05, 0) is 36.5 Å². The Hall–Kier alpha value is -1.69. The molecule has 4 nitrogen and oxygen atoms in total. The second kappa shape index (κ2) is 5.36. The highest BCUT2D eigenvalue weighted by molar-refractivity contribution is 7.71. The van der Waals surface area contributed by atoms with Gasteiger partial charge in [0.25, 0.3) is 0 Å². The number of aromatic amines is 1. The number of nitrogens with one attached hydrogen (secondary N) is 1. The van der Waals surface area contributed by atoms with Crippen molar-refractivity contribution >= 4 is 35.4 Å². The molecule has 0 spiro atoms. The predicted molar refractivity (Wildman–Crippen MR) is 82.0 cm³/mol. The molecule has 2 aromatic heterocycles. The van der Waals surface area contributed by atoms with Crippen molar-refractivity contribution in [3.05, 3.63) is 57.5 Å². The van der Waals surface area contributed by atoms with Gasteiger partial charge in [0.15, 0.2) is 10.6 Å². The molecule has 3 aromatic rings. The molecule has 2 heterocycles. The zero-order valence-corrected chi connectivity index (χ0v) is 12.4. The molecule has 100 valence electrons. The minimum atomic E-state index is 0.391. The van der Waals surface area contributed by atoms with Crippen molar-refractivity contribution in [1.29, 1.82) is 0 Å². The van der Waals surface area contributed by atoms with Gasteiger partial charge < -0.3 is 0 Å². The number of aromatic nitrogens is 4. The molecule has 20 heavy (non-hydrogen) atoms. The summed E-state index contributed by atoms with van der Waals surface area (Å²) in [4.78, 5) is 3.96. The van der Waals surface area contributed by atoms with Gasteiger partial charge >= 0.3 is 0 Å². The van der Waals surface area contributed by atoms with Gasteiger partial charge in [-0.3, -0.25) is 9.67 Å². The summed E-state index contributed by atoms with van der Waals surface area (Å²) >= 11 is 17.4. The molecule has 1 aromatic carbocycles. The van der Waals surface area contributed by atoms with Gasteiger partial charge in [0.1, 0.15) is 5.15 Å². The van der Waals surface area contributed by atoms with Gasteiger partial charge in [0.05, 0.1) is 10.7 Å². The first kappa shape index (κ1) is 13.3. The number of benzene rings is 1. The number of nitrogens with zero attached hydrogens (tertiary/aromatic N) is 3. The largest absolute Gasteiger partial charge is 0.267 e. The molecule has 0 fully saturated rings. The smallest absolute Gasteiger partial charge is 0.200 e. The van der Waals surface area contributed by atoms with E-state index in [-0.39, 0.29) is 0 Å². The fraction of sp³-hybridized carbons (Fsp3) is 0. The van der Waals surface area contributed by atoms with E-state index in [1.54, 1.807) is 22.9 Å². The molecule has 0 aliphatic rings. The Morgan fingerprint density at radius 1 is 1.15 bits per heavy atom. The molecule has 0 radical (unpaired) electrons. The first-order valence-corrected chi connectivity index (χ1v) is 6.87. The highest BCUT2D eigenvalue weighted by Gasteiger charge is 2.13. The molecule has 0 bridgehead atoms. The number of pyridine rings is 1. The van der Waals surface area contributed by atoms with Crippen LogP contribution < -0.4 is 0 Å². The molecular weight excluding hydrogens is 315 g/mol. The van der Waals surface area contributed by atoms with Crippen LogP contribution in [0.25, 0.3) is 17.1 Å². The fourth-order valence-corrected chi connectivity index (χ4v) is 2.51. The minimum absolute atomic E-state index is 0.391. The van der Waals surface area contributed by atoms with Crippen molar-refractivity contribution in [1.82, 2.24) is 19.7 Å². The van der Waals surface area contributed by atoms with E-state index in [0.717, 1.165) is 11.3 Å². The van der Waals surface area contributed by atoms with Gasteiger partial charge in [-0.25, -0.2) is 4.98 Å². The van der Waals surface area contributed by atoms with E-state index >= 15 is 0 Å². The van der Waals surface area contributed by atoms with Crippen molar-refractivity contribution < 1.29 is 0 Å². The van der Waals surface area contributed by atoms with E-state index in [4.69, 9.17) is 35.4 Å². The Morgan fingerprint density at radius 3 is 2.70 bits per heavy atom. The van der Waals surface area contributed by atoms with Crippen molar-refractivity contribution in [3.63, 3.8) is 0 Å². The maximum absolute atomic E-state index is 6.23. The van der Waals surface area contributed by atoms with Gasteiger partial charge in [-0.1, -0.05) is 35.3 Å². The third-order valence-electron chi connectivity index (χ3n) is 2.75. The normalized spacial score (nSPS) is 10.7. The molecule has 0 aliphatic heterocycles. The summed E-state index contributed by atoms with van der Waals surface area (Å²) in [6.07, 6.45) is 1.62. The van der Waals surface area contributed by atoms with E-state index in [1.807, 2.05) is 24.3 Å². The molecule has 3 rings (SSSR count). The zero-order chi connectivity index (χ0) is 14.1. The lowest BCUT2D eigenvalue weighted by atomic mass is 10.2. The average molecular weight is 323 g/mol. The van der Waals surface area contributed by atoms with Crippen LogP contribution in [-0.4, -0.2) is 19.7 Å². The van der Waals surface area contributed by atoms with Crippen molar-refractivity contribution in [2.75, 3.05) is 0 Å². The standard InChI is InChI=1S/C13H8Cl2N4S/c14-9-3-1-2-4-10(9)19-12(17-18-13(19)20)8-5-6-16-11(15)7-8/h1-7H,(H,18,20). The van der Waals surface area contributed by atoms with Crippen molar-refractivity contribution in [2.45, 2.75) is 0 Å². The van der Waals surface area contributed by atoms with Gasteiger partial charge in [0, 0.05) is 11.8 Å². The molecule has 0 atom stereocenters. The van der Waals surface area contributed by atoms with Crippen molar-refractivity contribution in [2.24, 2.45) is 0 Å². The number of hydrogen-bond donors (Lipinski definition) is 1. The maximum atomic E-state index is 6.23. The summed E-state index contributed by atoms with van der Waals surface area (Å²) in [7, 11) is 0. The molecule has 1 N–H and O–H groups in total. The average Bonchev–Trinajstić information content (AvgIpc) is 2.81. The molecule has 0 amide bonds. The fourth-order valence-electron chi connectivity index (χ4n) is 1.89. The summed E-state index contributed by atoms with van der Waals surface area (Å²) < 4.78 is 2.23. The number of H-pyrrole nitrogens is 1. The Kier molecular flexibility index (Phi) is 3.56. The SMILES string of the molecule is S=c1[nH]nc(-c2ccnc(Cl)c2)n1-c1ccccc1Cl. The molecule has 7 heteroatoms. The first-order chi connectivity index (χ1) is 9.66. The lowest BCUT2D eigenvalue weighted by molar-refractivity contribution is 1.04. The monoisotopic (exact) mass is 322 g/mol. The van der Waals surface area contributed by atoms with Gasteiger partial charge in [-0.15, -0.1) is 0 Å². The Bertz CT molecular complexity index is 825. The molecule has 0 saturated heterocycles. The van der Waals surface area contributed by atoms with Crippen LogP contribution in [0.3, 0.4) is 0 Å². The summed E-state index contributed by atoms with van der Waals surface area (Å²) in [6, 6.07) is 11.0. The summed E-state index contributed by atoms with van der Waals surface area (Å²) in [6.45, 7) is 0. The Balaban J connectivity index is 2.26. The predicted octanol–water partition coefficient (Wildman–Crippen LogP) is 4.30. The molecule has 0 aliphatic carbocycles. The summed E-state index contributed by atoms with van der Waals surface area (Å²) in [5.74, 6) is 0.632. The quantitative estimate of drug-likeness (QED) is 0.565. The van der Waals surface area contributed by atoms with Crippen LogP contribution in [-0.2, 0) is 0 Å². The Morgan fingerprint density at radius 2 is 1.95 bits per heavy atom. The van der Waals surface area contributed by atoms with Crippen molar-refractivity contribution in [3.8, 4) is 17.1 Å². The van der Waals surface area contributed by atoms with E-state index in [9.17, 15) is 0 Å². The molecule has 0 saturated carbocycles. The van der Waals surface area contributed by atoms with Crippen LogP contribution in [0.4, 0.5) is 0 Å². The Labute approximate surface area is 130 Å². The van der Waals surface area contributed by atoms with Gasteiger partial charge in [-0.2, -0.15) is 5.10 Å². The minimum Gasteiger partial charge on any atom is -0.267 e. The topological polar surface area (TPSA) is 46.5 Å². The lowest BCUT2D eigenvalue weighted by Crippen LogP contribution is -1.98. The summed E-state index contributed by atoms with van der Waals surface area (Å²) in [5, 5.41) is 8.00. The number of halogens is 2. The third kappa shape index (κ3) is 2.35. The second-order valence-electron chi connectivity index (χ2n) is 4.01. The number of para-hydroxylation sites is 1. The number of rotatable bonds is 2. The zero-order valence-electron chi connectivity index (χ0n) is 10.0. The number of hydrogen-bond acceptors (Lipinski definition) is 3.